The highest BCUT2D eigenvalue weighted by Crippen LogP contribution is 2.05. The number of primary amides is 1. The van der Waals surface area contributed by atoms with Crippen molar-refractivity contribution in [1.29, 1.82) is 0 Å². The van der Waals surface area contributed by atoms with Gasteiger partial charge in [0.05, 0.1) is 19.1 Å². The standard InChI is InChI=1S/C26H46N10O10/c1-11(2)19(35-18(40)10-31-14(5)38)24(44)32-12(3)21(41)33-15(7-6-8-30-26(28)29)22(42)34-16(9-17(27)39)23(43)36-20(13(4)37)25(45)46/h11-13,15-16,19-20,37H,6-10H2,1-5H3,(H2,27,39)(H,31,38)(H,32,44)(H,33,41)(H,34,42)(H,35,40)(H,36,43)(H,45,46)(H4,28,29,30)/t12-,13+,15-,16-,19-,20-/m0/s1. The molecule has 7 amide bonds. The fourth-order valence-corrected chi connectivity index (χ4v) is 3.73. The van der Waals surface area contributed by atoms with Crippen molar-refractivity contribution in [2.24, 2.45) is 28.1 Å². The highest BCUT2D eigenvalue weighted by atomic mass is 16.4. The summed E-state index contributed by atoms with van der Waals surface area (Å²) in [5.74, 6) is -8.06. The van der Waals surface area contributed by atoms with Crippen LogP contribution >= 0.6 is 0 Å². The number of carbonyl (C=O) groups excluding carboxylic acids is 7. The Morgan fingerprint density at radius 2 is 1.30 bits per heavy atom. The molecule has 0 aliphatic carbocycles. The first-order valence-corrected chi connectivity index (χ1v) is 14.3. The molecule has 0 saturated carbocycles. The summed E-state index contributed by atoms with van der Waals surface area (Å²) in [6, 6.07) is -7.17. The molecule has 6 atom stereocenters. The third kappa shape index (κ3) is 16.2. The number of nitrogens with one attached hydrogen (secondary N) is 6. The second-order valence-electron chi connectivity index (χ2n) is 10.7. The van der Waals surface area contributed by atoms with Crippen molar-refractivity contribution in [3.8, 4) is 0 Å². The molecule has 20 heteroatoms. The van der Waals surface area contributed by atoms with Crippen molar-refractivity contribution in [3.05, 3.63) is 0 Å². The predicted molar refractivity (Wildman–Crippen MR) is 162 cm³/mol. The number of guanidine groups is 1. The van der Waals surface area contributed by atoms with Crippen LogP contribution in [-0.4, -0.2) is 113 Å². The molecule has 0 bridgehead atoms. The van der Waals surface area contributed by atoms with E-state index in [1.807, 2.05) is 5.32 Å². The van der Waals surface area contributed by atoms with Crippen LogP contribution in [0.25, 0.3) is 0 Å². The van der Waals surface area contributed by atoms with Gasteiger partial charge < -0.3 is 59.3 Å². The summed E-state index contributed by atoms with van der Waals surface area (Å²) >= 11 is 0. The van der Waals surface area contributed by atoms with Crippen LogP contribution in [0.3, 0.4) is 0 Å². The molecule has 46 heavy (non-hydrogen) atoms. The van der Waals surface area contributed by atoms with E-state index in [9.17, 15) is 48.6 Å². The maximum Gasteiger partial charge on any atom is 0.328 e. The van der Waals surface area contributed by atoms with Gasteiger partial charge in [-0.3, -0.25) is 38.6 Å². The summed E-state index contributed by atoms with van der Waals surface area (Å²) < 4.78 is 0. The Hall–Kier alpha value is -5.01. The number of carboxylic acid groups (broad SMARTS) is 1. The molecule has 0 heterocycles. The van der Waals surface area contributed by atoms with Crippen LogP contribution in [0.15, 0.2) is 4.99 Å². The topological polar surface area (TPSA) is 340 Å². The number of rotatable bonds is 20. The van der Waals surface area contributed by atoms with Gasteiger partial charge in [-0.1, -0.05) is 13.8 Å². The minimum Gasteiger partial charge on any atom is -0.480 e. The maximum absolute atomic E-state index is 13.3. The number of aliphatic hydroxyl groups is 1. The zero-order chi connectivity index (χ0) is 35.7. The SMILES string of the molecule is CC(=O)NCC(=O)N[C@H](C(=O)N[C@@H](C)C(=O)N[C@@H](CCCN=C(N)N)C(=O)N[C@@H](CC(N)=O)C(=O)N[C@H](C(=O)O)[C@@H](C)O)C(C)C. The van der Waals surface area contributed by atoms with Gasteiger partial charge >= 0.3 is 5.97 Å². The summed E-state index contributed by atoms with van der Waals surface area (Å²) in [6.07, 6.45) is -2.25. The van der Waals surface area contributed by atoms with E-state index >= 15 is 0 Å². The third-order valence-electron chi connectivity index (χ3n) is 6.18. The van der Waals surface area contributed by atoms with Crippen LogP contribution in [0.4, 0.5) is 0 Å². The number of nitrogens with zero attached hydrogens (tertiary/aromatic N) is 1. The van der Waals surface area contributed by atoms with E-state index in [1.165, 1.54) is 13.8 Å². The lowest BCUT2D eigenvalue weighted by Crippen LogP contribution is -2.60. The van der Waals surface area contributed by atoms with E-state index in [-0.39, 0.29) is 31.9 Å². The number of carboxylic acids is 1. The summed E-state index contributed by atoms with van der Waals surface area (Å²) in [5.41, 5.74) is 15.8. The van der Waals surface area contributed by atoms with Gasteiger partial charge in [0, 0.05) is 13.5 Å². The quantitative estimate of drug-likeness (QED) is 0.0332. The second kappa shape index (κ2) is 20.1. The molecule has 0 unspecified atom stereocenters. The zero-order valence-electron chi connectivity index (χ0n) is 26.4. The number of aliphatic hydroxyl groups excluding tert-OH is 1. The number of hydrogen-bond acceptors (Lipinski definition) is 10. The summed E-state index contributed by atoms with van der Waals surface area (Å²) in [7, 11) is 0. The fraction of sp³-hybridized carbons (Fsp3) is 0.654. The van der Waals surface area contributed by atoms with Gasteiger partial charge in [0.2, 0.25) is 41.4 Å². The average Bonchev–Trinajstić information content (AvgIpc) is 2.93. The number of aliphatic carboxylic acids is 1. The van der Waals surface area contributed by atoms with Crippen molar-refractivity contribution in [2.45, 2.75) is 90.2 Å². The molecule has 20 nitrogen and oxygen atoms in total. The Labute approximate surface area is 265 Å². The molecule has 0 aliphatic rings. The van der Waals surface area contributed by atoms with Crippen LogP contribution in [0.2, 0.25) is 0 Å². The fourth-order valence-electron chi connectivity index (χ4n) is 3.73. The van der Waals surface area contributed by atoms with Crippen molar-refractivity contribution >= 4 is 53.3 Å². The summed E-state index contributed by atoms with van der Waals surface area (Å²) in [6.45, 7) is 6.58. The Balaban J connectivity index is 5.85. The van der Waals surface area contributed by atoms with Gasteiger partial charge in [0.1, 0.15) is 24.2 Å². The van der Waals surface area contributed by atoms with Crippen LogP contribution in [0.5, 0.6) is 0 Å². The molecule has 0 fully saturated rings. The molecule has 0 rings (SSSR count). The molecule has 0 aromatic rings. The molecule has 0 aromatic heterocycles. The lowest BCUT2D eigenvalue weighted by molar-refractivity contribution is -0.145. The van der Waals surface area contributed by atoms with Crippen LogP contribution < -0.4 is 49.1 Å². The van der Waals surface area contributed by atoms with Crippen molar-refractivity contribution in [3.63, 3.8) is 0 Å². The first-order valence-electron chi connectivity index (χ1n) is 14.3. The molecular weight excluding hydrogens is 612 g/mol. The molecule has 260 valence electrons. The van der Waals surface area contributed by atoms with E-state index in [1.54, 1.807) is 13.8 Å². The van der Waals surface area contributed by atoms with E-state index in [0.717, 1.165) is 6.92 Å². The number of aliphatic imine (C=N–C) groups is 1. The zero-order valence-corrected chi connectivity index (χ0v) is 26.4. The highest BCUT2D eigenvalue weighted by Gasteiger charge is 2.33. The number of nitrogens with two attached hydrogens (primary N) is 3. The maximum atomic E-state index is 13.3. The van der Waals surface area contributed by atoms with Crippen molar-refractivity contribution in [2.75, 3.05) is 13.1 Å². The number of carbonyl (C=O) groups is 8. The van der Waals surface area contributed by atoms with Crippen LogP contribution in [-0.2, 0) is 38.4 Å². The Bertz CT molecular complexity index is 1160. The molecule has 14 N–H and O–H groups in total. The molecule has 0 aliphatic heterocycles. The molecule has 0 aromatic carbocycles. The minimum absolute atomic E-state index is 0.0441. The number of hydrogen-bond donors (Lipinski definition) is 11. The van der Waals surface area contributed by atoms with Gasteiger partial charge in [-0.2, -0.15) is 0 Å². The second-order valence-corrected chi connectivity index (χ2v) is 10.7. The summed E-state index contributed by atoms with van der Waals surface area (Å²) in [4.78, 5) is 102. The Kier molecular flexibility index (Phi) is 17.9. The third-order valence-corrected chi connectivity index (χ3v) is 6.18. The molecule has 0 radical (unpaired) electrons. The molecule has 0 saturated heterocycles. The number of amides is 7. The lowest BCUT2D eigenvalue weighted by Gasteiger charge is -2.26. The molecule has 0 spiro atoms. The van der Waals surface area contributed by atoms with E-state index in [4.69, 9.17) is 17.2 Å². The van der Waals surface area contributed by atoms with Crippen molar-refractivity contribution in [1.82, 2.24) is 31.9 Å². The lowest BCUT2D eigenvalue weighted by atomic mass is 10.0. The smallest absolute Gasteiger partial charge is 0.328 e. The van der Waals surface area contributed by atoms with Crippen LogP contribution in [0, 0.1) is 5.92 Å². The summed E-state index contributed by atoms with van der Waals surface area (Å²) in [5, 5.41) is 32.8. The van der Waals surface area contributed by atoms with E-state index < -0.39 is 96.0 Å². The molecular formula is C26H46N10O10. The average molecular weight is 659 g/mol. The first kappa shape index (κ1) is 41.0. The van der Waals surface area contributed by atoms with Gasteiger partial charge in [-0.05, 0) is 32.6 Å². The largest absolute Gasteiger partial charge is 0.480 e. The van der Waals surface area contributed by atoms with E-state index in [0.29, 0.717) is 0 Å². The normalized spacial score (nSPS) is 14.6. The first-order chi connectivity index (χ1) is 21.3. The van der Waals surface area contributed by atoms with Gasteiger partial charge in [-0.15, -0.1) is 0 Å². The minimum atomic E-state index is -1.77. The van der Waals surface area contributed by atoms with Gasteiger partial charge in [-0.25, -0.2) is 4.79 Å². The highest BCUT2D eigenvalue weighted by molar-refractivity contribution is 5.97. The van der Waals surface area contributed by atoms with Gasteiger partial charge in [0.15, 0.2) is 12.0 Å². The predicted octanol–water partition coefficient (Wildman–Crippen LogP) is -5.38. The Morgan fingerprint density at radius 1 is 0.739 bits per heavy atom. The van der Waals surface area contributed by atoms with Crippen LogP contribution in [0.1, 0.15) is 53.9 Å². The monoisotopic (exact) mass is 658 g/mol. The van der Waals surface area contributed by atoms with Crippen molar-refractivity contribution < 1.29 is 48.6 Å². The van der Waals surface area contributed by atoms with Gasteiger partial charge in [0.25, 0.3) is 0 Å². The van der Waals surface area contributed by atoms with E-state index in [2.05, 4.69) is 31.6 Å². The Morgan fingerprint density at radius 3 is 1.78 bits per heavy atom.